The molecule has 104 valence electrons. The van der Waals surface area contributed by atoms with Gasteiger partial charge in [0.1, 0.15) is 5.82 Å². The van der Waals surface area contributed by atoms with Gasteiger partial charge >= 0.3 is 0 Å². The summed E-state index contributed by atoms with van der Waals surface area (Å²) in [5, 5.41) is 2.94. The van der Waals surface area contributed by atoms with Crippen LogP contribution in [0.25, 0.3) is 0 Å². The Morgan fingerprint density at radius 1 is 1.47 bits per heavy atom. The van der Waals surface area contributed by atoms with Gasteiger partial charge in [-0.1, -0.05) is 18.2 Å². The zero-order valence-electron chi connectivity index (χ0n) is 11.8. The van der Waals surface area contributed by atoms with Crippen molar-refractivity contribution in [1.29, 1.82) is 0 Å². The Kier molecular flexibility index (Phi) is 5.55. The molecule has 0 saturated heterocycles. The molecule has 19 heavy (non-hydrogen) atoms. The van der Waals surface area contributed by atoms with Crippen molar-refractivity contribution in [2.75, 3.05) is 25.0 Å². The van der Waals surface area contributed by atoms with Gasteiger partial charge in [0.15, 0.2) is 0 Å². The molecule has 0 aromatic heterocycles. The summed E-state index contributed by atoms with van der Waals surface area (Å²) in [5.74, 6) is -0.293. The molecule has 0 bridgehead atoms. The molecule has 0 heterocycles. The standard InChI is InChI=1S/C15H21FN2O/c1-5-18(10-11(2)3)15(19)9-17-13-7-6-12(4)14(16)8-13/h6-8,17H,2,5,9-10H2,1,3-4H3. The van der Waals surface area contributed by atoms with E-state index in [2.05, 4.69) is 11.9 Å². The molecule has 0 aliphatic rings. The van der Waals surface area contributed by atoms with Gasteiger partial charge in [-0.25, -0.2) is 4.39 Å². The predicted molar refractivity (Wildman–Crippen MR) is 76.7 cm³/mol. The minimum Gasteiger partial charge on any atom is -0.376 e. The molecule has 1 aromatic carbocycles. The lowest BCUT2D eigenvalue weighted by Crippen LogP contribution is -2.36. The molecule has 0 atom stereocenters. The van der Waals surface area contributed by atoms with E-state index in [4.69, 9.17) is 0 Å². The largest absolute Gasteiger partial charge is 0.376 e. The molecule has 0 aliphatic heterocycles. The van der Waals surface area contributed by atoms with Crippen LogP contribution in [0.4, 0.5) is 10.1 Å². The maximum atomic E-state index is 13.4. The third-order valence-corrected chi connectivity index (χ3v) is 2.81. The molecule has 0 aliphatic carbocycles. The minimum absolute atomic E-state index is 0.0218. The quantitative estimate of drug-likeness (QED) is 0.801. The van der Waals surface area contributed by atoms with Gasteiger partial charge in [0, 0.05) is 18.8 Å². The number of amides is 1. The summed E-state index contributed by atoms with van der Waals surface area (Å²) in [5.41, 5.74) is 2.15. The first-order valence-corrected chi connectivity index (χ1v) is 6.36. The lowest BCUT2D eigenvalue weighted by atomic mass is 10.2. The highest BCUT2D eigenvalue weighted by atomic mass is 19.1. The van der Waals surface area contributed by atoms with Gasteiger partial charge < -0.3 is 10.2 Å². The predicted octanol–water partition coefficient (Wildman–Crippen LogP) is 2.97. The fourth-order valence-corrected chi connectivity index (χ4v) is 1.69. The van der Waals surface area contributed by atoms with Gasteiger partial charge in [-0.05, 0) is 38.5 Å². The summed E-state index contributed by atoms with van der Waals surface area (Å²) in [6.07, 6.45) is 0. The summed E-state index contributed by atoms with van der Waals surface area (Å²) >= 11 is 0. The van der Waals surface area contributed by atoms with Crippen molar-refractivity contribution in [3.63, 3.8) is 0 Å². The van der Waals surface area contributed by atoms with E-state index in [1.165, 1.54) is 6.07 Å². The maximum Gasteiger partial charge on any atom is 0.242 e. The number of halogens is 1. The number of benzene rings is 1. The summed E-state index contributed by atoms with van der Waals surface area (Å²) < 4.78 is 13.4. The molecule has 1 amide bonds. The highest BCUT2D eigenvalue weighted by molar-refractivity contribution is 5.81. The number of hydrogen-bond donors (Lipinski definition) is 1. The molecular formula is C15H21FN2O. The van der Waals surface area contributed by atoms with Crippen LogP contribution in [-0.2, 0) is 4.79 Å². The highest BCUT2D eigenvalue weighted by Crippen LogP contribution is 2.13. The molecule has 0 radical (unpaired) electrons. The molecule has 3 nitrogen and oxygen atoms in total. The summed E-state index contributed by atoms with van der Waals surface area (Å²) in [4.78, 5) is 13.7. The average Bonchev–Trinajstić information content (AvgIpc) is 2.36. The van der Waals surface area contributed by atoms with Gasteiger partial charge in [0.05, 0.1) is 6.54 Å². The zero-order valence-corrected chi connectivity index (χ0v) is 11.8. The van der Waals surface area contributed by atoms with E-state index in [0.717, 1.165) is 5.57 Å². The van der Waals surface area contributed by atoms with Crippen LogP contribution in [0.1, 0.15) is 19.4 Å². The maximum absolute atomic E-state index is 13.4. The van der Waals surface area contributed by atoms with E-state index < -0.39 is 0 Å². The number of likely N-dealkylation sites (N-methyl/N-ethyl adjacent to an activating group) is 1. The SMILES string of the molecule is C=C(C)CN(CC)C(=O)CNc1ccc(C)c(F)c1. The number of aryl methyl sites for hydroxylation is 1. The topological polar surface area (TPSA) is 32.3 Å². The fourth-order valence-electron chi connectivity index (χ4n) is 1.69. The van der Waals surface area contributed by atoms with Crippen LogP contribution in [0.3, 0.4) is 0 Å². The van der Waals surface area contributed by atoms with Crippen LogP contribution in [0.15, 0.2) is 30.4 Å². The van der Waals surface area contributed by atoms with Crippen molar-refractivity contribution in [3.05, 3.63) is 41.7 Å². The van der Waals surface area contributed by atoms with E-state index in [1.807, 2.05) is 13.8 Å². The van der Waals surface area contributed by atoms with E-state index in [9.17, 15) is 9.18 Å². The van der Waals surface area contributed by atoms with Crippen LogP contribution < -0.4 is 5.32 Å². The van der Waals surface area contributed by atoms with Crippen LogP contribution in [0, 0.1) is 12.7 Å². The van der Waals surface area contributed by atoms with Gasteiger partial charge in [-0.15, -0.1) is 0 Å². The van der Waals surface area contributed by atoms with Crippen molar-refractivity contribution in [2.45, 2.75) is 20.8 Å². The van der Waals surface area contributed by atoms with Crippen molar-refractivity contribution in [3.8, 4) is 0 Å². The molecule has 4 heteroatoms. The molecule has 0 saturated carbocycles. The van der Waals surface area contributed by atoms with E-state index in [0.29, 0.717) is 24.3 Å². The van der Waals surface area contributed by atoms with Gasteiger partial charge in [-0.3, -0.25) is 4.79 Å². The first-order chi connectivity index (χ1) is 8.93. The van der Waals surface area contributed by atoms with Gasteiger partial charge in [0.2, 0.25) is 5.91 Å². The van der Waals surface area contributed by atoms with Crippen molar-refractivity contribution < 1.29 is 9.18 Å². The third kappa shape index (κ3) is 4.73. The minimum atomic E-state index is -0.272. The Morgan fingerprint density at radius 3 is 2.68 bits per heavy atom. The number of nitrogens with one attached hydrogen (secondary N) is 1. The molecule has 1 aromatic rings. The average molecular weight is 264 g/mol. The number of anilines is 1. The van der Waals surface area contributed by atoms with Crippen LogP contribution in [-0.4, -0.2) is 30.4 Å². The molecular weight excluding hydrogens is 243 g/mol. The van der Waals surface area contributed by atoms with Crippen LogP contribution in [0.2, 0.25) is 0 Å². The van der Waals surface area contributed by atoms with E-state index >= 15 is 0 Å². The fraction of sp³-hybridized carbons (Fsp3) is 0.400. The van der Waals surface area contributed by atoms with Crippen molar-refractivity contribution >= 4 is 11.6 Å². The normalized spacial score (nSPS) is 10.1. The second-order valence-corrected chi connectivity index (χ2v) is 4.68. The first kappa shape index (κ1) is 15.2. The second kappa shape index (κ2) is 6.92. The van der Waals surface area contributed by atoms with Gasteiger partial charge in [0.25, 0.3) is 0 Å². The number of hydrogen-bond acceptors (Lipinski definition) is 2. The monoisotopic (exact) mass is 264 g/mol. The van der Waals surface area contributed by atoms with Gasteiger partial charge in [-0.2, -0.15) is 0 Å². The third-order valence-electron chi connectivity index (χ3n) is 2.81. The van der Waals surface area contributed by atoms with Crippen LogP contribution in [0.5, 0.6) is 0 Å². The zero-order chi connectivity index (χ0) is 14.4. The van der Waals surface area contributed by atoms with E-state index in [-0.39, 0.29) is 18.3 Å². The highest BCUT2D eigenvalue weighted by Gasteiger charge is 2.11. The Hall–Kier alpha value is -1.84. The number of nitrogens with zero attached hydrogens (tertiary/aromatic N) is 1. The second-order valence-electron chi connectivity index (χ2n) is 4.68. The Balaban J connectivity index is 2.57. The Bertz CT molecular complexity index is 471. The summed E-state index contributed by atoms with van der Waals surface area (Å²) in [6, 6.07) is 4.85. The van der Waals surface area contributed by atoms with Crippen LogP contribution >= 0.6 is 0 Å². The Labute approximate surface area is 114 Å². The van der Waals surface area contributed by atoms with Crippen molar-refractivity contribution in [2.24, 2.45) is 0 Å². The number of carbonyl (C=O) groups is 1. The summed E-state index contributed by atoms with van der Waals surface area (Å²) in [6.45, 7) is 10.7. The molecule has 0 spiro atoms. The summed E-state index contributed by atoms with van der Waals surface area (Å²) in [7, 11) is 0. The molecule has 0 fully saturated rings. The molecule has 1 N–H and O–H groups in total. The Morgan fingerprint density at radius 2 is 2.16 bits per heavy atom. The lowest BCUT2D eigenvalue weighted by molar-refractivity contribution is -0.128. The first-order valence-electron chi connectivity index (χ1n) is 6.36. The number of rotatable bonds is 6. The smallest absolute Gasteiger partial charge is 0.242 e. The van der Waals surface area contributed by atoms with Crippen molar-refractivity contribution in [1.82, 2.24) is 4.90 Å². The van der Waals surface area contributed by atoms with E-state index in [1.54, 1.807) is 24.0 Å². The lowest BCUT2D eigenvalue weighted by Gasteiger charge is -2.21. The molecule has 0 unspecified atom stereocenters. The number of carbonyl (C=O) groups excluding carboxylic acids is 1. The molecule has 1 rings (SSSR count).